The Balaban J connectivity index is 2.15. The zero-order valence-electron chi connectivity index (χ0n) is 12.6. The van der Waals surface area contributed by atoms with Gasteiger partial charge in [0.1, 0.15) is 0 Å². The lowest BCUT2D eigenvalue weighted by Crippen LogP contribution is -2.51. The molecule has 0 saturated carbocycles. The zero-order chi connectivity index (χ0) is 15.5. The topological polar surface area (TPSA) is 73.9 Å². The van der Waals surface area contributed by atoms with Crippen LogP contribution in [0.2, 0.25) is 0 Å². The molecule has 1 rings (SSSR count). The Morgan fingerprint density at radius 1 is 1.10 bits per heavy atom. The number of ether oxygens (including phenoxy) is 1. The van der Waals surface area contributed by atoms with Gasteiger partial charge in [-0.25, -0.2) is 0 Å². The fraction of sp³-hybridized carbons (Fsp3) is 0.714. The molecule has 0 aromatic carbocycles. The second-order valence-corrected chi connectivity index (χ2v) is 4.88. The molecule has 1 aliphatic rings. The summed E-state index contributed by atoms with van der Waals surface area (Å²) < 4.78 is 4.88. The Morgan fingerprint density at radius 2 is 1.62 bits per heavy atom. The van der Waals surface area contributed by atoms with Gasteiger partial charge in [0.05, 0.1) is 26.2 Å². The smallest absolute Gasteiger partial charge is 0.234 e. The maximum Gasteiger partial charge on any atom is 0.234 e. The molecule has 0 radical (unpaired) electrons. The molecule has 0 atom stereocenters. The SMILES string of the molecule is C#CCNC(=O)CN1CCN(CC(=O)NCCOC)CC1. The van der Waals surface area contributed by atoms with Crippen molar-refractivity contribution in [3.8, 4) is 12.3 Å². The molecule has 1 heterocycles. The van der Waals surface area contributed by atoms with Crippen LogP contribution in [-0.2, 0) is 14.3 Å². The molecule has 2 amide bonds. The van der Waals surface area contributed by atoms with E-state index in [-0.39, 0.29) is 18.4 Å². The van der Waals surface area contributed by atoms with Crippen LogP contribution in [0.3, 0.4) is 0 Å². The van der Waals surface area contributed by atoms with Crippen LogP contribution in [-0.4, -0.2) is 87.7 Å². The first-order valence-electron chi connectivity index (χ1n) is 7.06. The van der Waals surface area contributed by atoms with E-state index in [1.807, 2.05) is 0 Å². The van der Waals surface area contributed by atoms with Gasteiger partial charge in [0.2, 0.25) is 11.8 Å². The fourth-order valence-corrected chi connectivity index (χ4v) is 2.07. The van der Waals surface area contributed by atoms with Crippen molar-refractivity contribution in [2.24, 2.45) is 0 Å². The van der Waals surface area contributed by atoms with Crippen molar-refractivity contribution < 1.29 is 14.3 Å². The first kappa shape index (κ1) is 17.4. The van der Waals surface area contributed by atoms with Gasteiger partial charge in [0.25, 0.3) is 0 Å². The Hall–Kier alpha value is -1.62. The standard InChI is InChI=1S/C14H24N4O3/c1-3-4-15-13(19)11-17-6-8-18(9-7-17)12-14(20)16-5-10-21-2/h1H,4-12H2,2H3,(H,15,19)(H,16,20). The van der Waals surface area contributed by atoms with Crippen molar-refractivity contribution in [2.45, 2.75) is 0 Å². The third-order valence-corrected chi connectivity index (χ3v) is 3.22. The number of amides is 2. The summed E-state index contributed by atoms with van der Waals surface area (Å²) in [5.41, 5.74) is 0. The molecule has 7 nitrogen and oxygen atoms in total. The maximum atomic E-state index is 11.7. The lowest BCUT2D eigenvalue weighted by Gasteiger charge is -2.33. The molecular weight excluding hydrogens is 272 g/mol. The van der Waals surface area contributed by atoms with Gasteiger partial charge in [-0.2, -0.15) is 0 Å². The van der Waals surface area contributed by atoms with Gasteiger partial charge in [0, 0.05) is 39.8 Å². The Labute approximate surface area is 126 Å². The monoisotopic (exact) mass is 296 g/mol. The number of carbonyl (C=O) groups excluding carboxylic acids is 2. The Bertz CT molecular complexity index is 373. The van der Waals surface area contributed by atoms with Crippen molar-refractivity contribution >= 4 is 11.8 Å². The number of carbonyl (C=O) groups is 2. The van der Waals surface area contributed by atoms with Crippen LogP contribution >= 0.6 is 0 Å². The van der Waals surface area contributed by atoms with E-state index in [0.717, 1.165) is 26.2 Å². The van der Waals surface area contributed by atoms with Crippen LogP contribution in [0.4, 0.5) is 0 Å². The predicted octanol–water partition coefficient (Wildman–Crippen LogP) is -1.88. The van der Waals surface area contributed by atoms with Gasteiger partial charge >= 0.3 is 0 Å². The molecule has 118 valence electrons. The second-order valence-electron chi connectivity index (χ2n) is 4.88. The van der Waals surface area contributed by atoms with Crippen LogP contribution in [0.25, 0.3) is 0 Å². The van der Waals surface area contributed by atoms with Crippen molar-refractivity contribution in [1.82, 2.24) is 20.4 Å². The molecule has 0 aliphatic carbocycles. The minimum absolute atomic E-state index is 0.00673. The van der Waals surface area contributed by atoms with Crippen molar-refractivity contribution in [3.05, 3.63) is 0 Å². The van der Waals surface area contributed by atoms with Crippen molar-refractivity contribution in [1.29, 1.82) is 0 Å². The van der Waals surface area contributed by atoms with Gasteiger partial charge in [0.15, 0.2) is 0 Å². The molecule has 1 fully saturated rings. The third kappa shape index (κ3) is 7.66. The highest BCUT2D eigenvalue weighted by Gasteiger charge is 2.20. The van der Waals surface area contributed by atoms with Crippen molar-refractivity contribution in [3.63, 3.8) is 0 Å². The van der Waals surface area contributed by atoms with E-state index in [2.05, 4.69) is 26.4 Å². The van der Waals surface area contributed by atoms with Crippen LogP contribution in [0.5, 0.6) is 0 Å². The van der Waals surface area contributed by atoms with E-state index in [0.29, 0.717) is 26.2 Å². The highest BCUT2D eigenvalue weighted by atomic mass is 16.5. The molecule has 0 spiro atoms. The van der Waals surface area contributed by atoms with E-state index in [9.17, 15) is 9.59 Å². The van der Waals surface area contributed by atoms with E-state index in [1.165, 1.54) is 0 Å². The summed E-state index contributed by atoms with van der Waals surface area (Å²) >= 11 is 0. The summed E-state index contributed by atoms with van der Waals surface area (Å²) in [5.74, 6) is 2.32. The van der Waals surface area contributed by atoms with Gasteiger partial charge < -0.3 is 15.4 Å². The number of hydrogen-bond donors (Lipinski definition) is 2. The number of rotatable bonds is 8. The lowest BCUT2D eigenvalue weighted by atomic mass is 10.3. The first-order valence-corrected chi connectivity index (χ1v) is 7.06. The highest BCUT2D eigenvalue weighted by molar-refractivity contribution is 5.78. The average Bonchev–Trinajstić information content (AvgIpc) is 2.47. The lowest BCUT2D eigenvalue weighted by molar-refractivity contribution is -0.125. The predicted molar refractivity (Wildman–Crippen MR) is 79.6 cm³/mol. The van der Waals surface area contributed by atoms with Crippen molar-refractivity contribution in [2.75, 3.05) is 66.1 Å². The molecule has 0 bridgehead atoms. The van der Waals surface area contributed by atoms with Crippen LogP contribution in [0.15, 0.2) is 0 Å². The van der Waals surface area contributed by atoms with Crippen LogP contribution < -0.4 is 10.6 Å². The molecule has 21 heavy (non-hydrogen) atoms. The third-order valence-electron chi connectivity index (χ3n) is 3.22. The number of hydrogen-bond acceptors (Lipinski definition) is 5. The maximum absolute atomic E-state index is 11.7. The summed E-state index contributed by atoms with van der Waals surface area (Å²) in [5, 5.41) is 5.44. The highest BCUT2D eigenvalue weighted by Crippen LogP contribution is 2.00. The average molecular weight is 296 g/mol. The molecule has 1 saturated heterocycles. The first-order chi connectivity index (χ1) is 10.2. The van der Waals surface area contributed by atoms with Crippen LogP contribution in [0, 0.1) is 12.3 Å². The summed E-state index contributed by atoms with van der Waals surface area (Å²) in [6.45, 7) is 5.16. The number of terminal acetylenes is 1. The molecule has 0 aromatic heterocycles. The molecule has 1 aliphatic heterocycles. The minimum Gasteiger partial charge on any atom is -0.383 e. The summed E-state index contributed by atoms with van der Waals surface area (Å²) in [4.78, 5) is 27.3. The number of methoxy groups -OCH3 is 1. The van der Waals surface area contributed by atoms with E-state index < -0.39 is 0 Å². The Morgan fingerprint density at radius 3 is 2.10 bits per heavy atom. The Kier molecular flexibility index (Phi) is 8.43. The van der Waals surface area contributed by atoms with E-state index in [4.69, 9.17) is 11.2 Å². The van der Waals surface area contributed by atoms with E-state index in [1.54, 1.807) is 7.11 Å². The zero-order valence-corrected chi connectivity index (χ0v) is 12.6. The number of nitrogens with one attached hydrogen (secondary N) is 2. The molecular formula is C14H24N4O3. The van der Waals surface area contributed by atoms with Gasteiger partial charge in [-0.05, 0) is 0 Å². The van der Waals surface area contributed by atoms with Gasteiger partial charge in [-0.1, -0.05) is 5.92 Å². The summed E-state index contributed by atoms with van der Waals surface area (Å²) in [7, 11) is 1.60. The van der Waals surface area contributed by atoms with Gasteiger partial charge in [-0.3, -0.25) is 19.4 Å². The summed E-state index contributed by atoms with van der Waals surface area (Å²) in [6, 6.07) is 0. The number of piperazine rings is 1. The largest absolute Gasteiger partial charge is 0.383 e. The molecule has 0 unspecified atom stereocenters. The van der Waals surface area contributed by atoms with Gasteiger partial charge in [-0.15, -0.1) is 6.42 Å². The second kappa shape index (κ2) is 10.2. The molecule has 2 N–H and O–H groups in total. The minimum atomic E-state index is -0.0568. The van der Waals surface area contributed by atoms with Crippen LogP contribution in [0.1, 0.15) is 0 Å². The summed E-state index contributed by atoms with van der Waals surface area (Å²) in [6.07, 6.45) is 5.09. The quantitative estimate of drug-likeness (QED) is 0.405. The normalized spacial score (nSPS) is 16.2. The molecule has 0 aromatic rings. The van der Waals surface area contributed by atoms with E-state index >= 15 is 0 Å². The number of nitrogens with zero attached hydrogens (tertiary/aromatic N) is 2. The fourth-order valence-electron chi connectivity index (χ4n) is 2.07. The molecule has 7 heteroatoms.